The van der Waals surface area contributed by atoms with Crippen molar-refractivity contribution in [3.05, 3.63) is 59.4 Å². The van der Waals surface area contributed by atoms with Crippen molar-refractivity contribution in [2.24, 2.45) is 0 Å². The lowest BCUT2D eigenvalue weighted by Crippen LogP contribution is -2.40. The summed E-state index contributed by atoms with van der Waals surface area (Å²) in [5, 5.41) is 19.8. The lowest BCUT2D eigenvalue weighted by atomic mass is 9.78. The van der Waals surface area contributed by atoms with Crippen molar-refractivity contribution >= 4 is 23.4 Å². The number of halogens is 2. The molecule has 8 heteroatoms. The van der Waals surface area contributed by atoms with Gasteiger partial charge in [-0.2, -0.15) is 11.8 Å². The zero-order chi connectivity index (χ0) is 25.8. The van der Waals surface area contributed by atoms with E-state index in [9.17, 15) is 14.6 Å². The Bertz CT molecular complexity index is 878. The Balaban J connectivity index is 0.00000210. The molecule has 196 valence electrons. The van der Waals surface area contributed by atoms with Gasteiger partial charge in [0.2, 0.25) is 0 Å². The molecule has 2 aromatic carbocycles. The minimum absolute atomic E-state index is 0.0308. The van der Waals surface area contributed by atoms with E-state index < -0.39 is 23.4 Å². The molecular weight excluding hydrogens is 489 g/mol. The largest absolute Gasteiger partial charge is 0.491 e. The van der Waals surface area contributed by atoms with Crippen molar-refractivity contribution in [2.75, 3.05) is 50.2 Å². The van der Waals surface area contributed by atoms with Crippen LogP contribution in [0.25, 0.3) is 0 Å². The Kier molecular flexibility index (Phi) is 12.7. The molecule has 0 saturated carbocycles. The molecule has 0 spiro atoms. The molecule has 1 aliphatic heterocycles. The van der Waals surface area contributed by atoms with Gasteiger partial charge in [-0.3, -0.25) is 4.90 Å². The summed E-state index contributed by atoms with van der Waals surface area (Å²) < 4.78 is 25.7. The van der Waals surface area contributed by atoms with Gasteiger partial charge in [-0.05, 0) is 35.4 Å². The maximum atomic E-state index is 14.6. The number of alkyl halides is 1. The van der Waals surface area contributed by atoms with E-state index in [1.165, 1.54) is 6.07 Å². The third-order valence-corrected chi connectivity index (χ3v) is 7.15. The van der Waals surface area contributed by atoms with Gasteiger partial charge in [0.05, 0.1) is 5.88 Å². The van der Waals surface area contributed by atoms with Gasteiger partial charge < -0.3 is 19.7 Å². The number of nitrogens with zero attached hydrogens (tertiary/aromatic N) is 1. The molecule has 3 rings (SSSR count). The van der Waals surface area contributed by atoms with Crippen LogP contribution in [0.1, 0.15) is 38.8 Å². The number of hydrogen-bond donors (Lipinski definition) is 2. The molecule has 2 N–H and O–H groups in total. The van der Waals surface area contributed by atoms with E-state index in [1.54, 1.807) is 6.07 Å². The Morgan fingerprint density at radius 2 is 1.57 bits per heavy atom. The van der Waals surface area contributed by atoms with Gasteiger partial charge in [0.15, 0.2) is 11.6 Å². The molecule has 2 atom stereocenters. The quantitative estimate of drug-likeness (QED) is 0.403. The van der Waals surface area contributed by atoms with Crippen LogP contribution >= 0.6 is 23.4 Å². The van der Waals surface area contributed by atoms with Gasteiger partial charge in [-0.1, -0.05) is 45.9 Å². The molecule has 0 radical (unpaired) electrons. The van der Waals surface area contributed by atoms with E-state index in [0.29, 0.717) is 12.3 Å². The van der Waals surface area contributed by atoms with E-state index in [-0.39, 0.29) is 24.8 Å². The topological polar surface area (TPSA) is 62.2 Å². The molecule has 0 aliphatic carbocycles. The number of aliphatic hydroxyl groups is 2. The summed E-state index contributed by atoms with van der Waals surface area (Å²) in [6, 6.07) is 12.5. The molecular formula is C27H39ClFNO4S. The van der Waals surface area contributed by atoms with Crippen molar-refractivity contribution in [1.29, 1.82) is 0 Å². The predicted molar refractivity (Wildman–Crippen MR) is 144 cm³/mol. The second-order valence-electron chi connectivity index (χ2n) is 8.79. The molecule has 0 amide bonds. The highest BCUT2D eigenvalue weighted by molar-refractivity contribution is 7.99. The van der Waals surface area contributed by atoms with Crippen LogP contribution in [0.4, 0.5) is 4.39 Å². The lowest BCUT2D eigenvalue weighted by Gasteiger charge is -2.28. The molecule has 2 aromatic rings. The third kappa shape index (κ3) is 9.14. The summed E-state index contributed by atoms with van der Waals surface area (Å²) in [4.78, 5) is 2.27. The number of rotatable bonds is 11. The Morgan fingerprint density at radius 3 is 2.17 bits per heavy atom. The van der Waals surface area contributed by atoms with Crippen molar-refractivity contribution < 1.29 is 24.1 Å². The average Bonchev–Trinajstić information content (AvgIpc) is 2.88. The zero-order valence-electron chi connectivity index (χ0n) is 21.2. The van der Waals surface area contributed by atoms with Crippen molar-refractivity contribution in [2.45, 2.75) is 45.3 Å². The second kappa shape index (κ2) is 14.9. The van der Waals surface area contributed by atoms with Crippen molar-refractivity contribution in [1.82, 2.24) is 4.90 Å². The number of ether oxygens (including phenoxy) is 2. The second-order valence-corrected chi connectivity index (χ2v) is 10.3. The van der Waals surface area contributed by atoms with E-state index in [2.05, 4.69) is 4.90 Å². The monoisotopic (exact) mass is 527 g/mol. The van der Waals surface area contributed by atoms with Crippen LogP contribution in [-0.4, -0.2) is 77.6 Å². The molecule has 2 unspecified atom stereocenters. The normalized spacial score (nSPS) is 16.1. The highest BCUT2D eigenvalue weighted by atomic mass is 35.5. The molecule has 1 aliphatic rings. The standard InChI is InChI=1S/C25H33ClFNO4S.C2H6/c1-25(2,19-5-8-24(23(27)13-19)32-16-20(29)14-26)18-3-6-22(7-4-18)31-17-21(30)15-28-9-11-33-12-10-28;1-2/h3-8,13,20-21,29-30H,9-12,14-17H2,1-2H3;1-2H3. The minimum Gasteiger partial charge on any atom is -0.491 e. The summed E-state index contributed by atoms with van der Waals surface area (Å²) in [5.41, 5.74) is 1.36. The minimum atomic E-state index is -0.840. The maximum absolute atomic E-state index is 14.6. The van der Waals surface area contributed by atoms with Crippen LogP contribution in [0, 0.1) is 5.82 Å². The van der Waals surface area contributed by atoms with E-state index in [4.69, 9.17) is 21.1 Å². The summed E-state index contributed by atoms with van der Waals surface area (Å²) in [6.07, 6.45) is -1.37. The van der Waals surface area contributed by atoms with Gasteiger partial charge in [0.1, 0.15) is 31.2 Å². The molecule has 1 heterocycles. The number of thioether (sulfide) groups is 1. The first-order chi connectivity index (χ1) is 16.8. The number of β-amino-alcohol motifs (C(OH)–C–C–N with tert-alkyl or cyclic N) is 1. The molecule has 0 bridgehead atoms. The first-order valence-electron chi connectivity index (χ1n) is 12.2. The summed E-state index contributed by atoms with van der Waals surface area (Å²) in [6.45, 7) is 10.9. The van der Waals surface area contributed by atoms with E-state index in [1.807, 2.05) is 69.8 Å². The van der Waals surface area contributed by atoms with Gasteiger partial charge in [0, 0.05) is 36.6 Å². The summed E-state index contributed by atoms with van der Waals surface area (Å²) in [7, 11) is 0. The molecule has 1 saturated heterocycles. The van der Waals surface area contributed by atoms with Crippen LogP contribution in [0.3, 0.4) is 0 Å². The maximum Gasteiger partial charge on any atom is 0.165 e. The fourth-order valence-electron chi connectivity index (χ4n) is 3.70. The molecule has 35 heavy (non-hydrogen) atoms. The first kappa shape index (κ1) is 29.7. The first-order valence-corrected chi connectivity index (χ1v) is 13.9. The molecule has 0 aromatic heterocycles. The van der Waals surface area contributed by atoms with Gasteiger partial charge >= 0.3 is 0 Å². The van der Waals surface area contributed by atoms with Gasteiger partial charge in [0.25, 0.3) is 0 Å². The fourth-order valence-corrected chi connectivity index (χ4v) is 4.77. The number of benzene rings is 2. The molecule has 1 fully saturated rings. The SMILES string of the molecule is CC.CC(C)(c1ccc(OCC(O)CN2CCSCC2)cc1)c1ccc(OCC(O)CCl)c(F)c1. The van der Waals surface area contributed by atoms with Crippen LogP contribution in [0.2, 0.25) is 0 Å². The zero-order valence-corrected chi connectivity index (χ0v) is 22.7. The Morgan fingerprint density at radius 1 is 0.971 bits per heavy atom. The Hall–Kier alpha value is -1.51. The number of aliphatic hydroxyl groups excluding tert-OH is 2. The number of hydrogen-bond acceptors (Lipinski definition) is 6. The Labute approximate surface area is 218 Å². The van der Waals surface area contributed by atoms with E-state index in [0.717, 1.165) is 35.7 Å². The predicted octanol–water partition coefficient (Wildman–Crippen LogP) is 4.94. The van der Waals surface area contributed by atoms with Crippen LogP contribution in [0.15, 0.2) is 42.5 Å². The fraction of sp³-hybridized carbons (Fsp3) is 0.556. The van der Waals surface area contributed by atoms with Crippen molar-refractivity contribution in [3.8, 4) is 11.5 Å². The third-order valence-electron chi connectivity index (χ3n) is 5.85. The molecule has 5 nitrogen and oxygen atoms in total. The van der Waals surface area contributed by atoms with Crippen LogP contribution in [-0.2, 0) is 5.41 Å². The smallest absolute Gasteiger partial charge is 0.165 e. The van der Waals surface area contributed by atoms with E-state index >= 15 is 0 Å². The summed E-state index contributed by atoms with van der Waals surface area (Å²) in [5.74, 6) is 2.55. The van der Waals surface area contributed by atoms with Crippen LogP contribution in [0.5, 0.6) is 11.5 Å². The van der Waals surface area contributed by atoms with Crippen molar-refractivity contribution in [3.63, 3.8) is 0 Å². The highest BCUT2D eigenvalue weighted by Gasteiger charge is 2.25. The lowest BCUT2D eigenvalue weighted by molar-refractivity contribution is 0.0715. The van der Waals surface area contributed by atoms with Gasteiger partial charge in [-0.25, -0.2) is 4.39 Å². The average molecular weight is 528 g/mol. The summed E-state index contributed by atoms with van der Waals surface area (Å²) >= 11 is 7.50. The van der Waals surface area contributed by atoms with Gasteiger partial charge in [-0.15, -0.1) is 11.6 Å². The van der Waals surface area contributed by atoms with Crippen LogP contribution < -0.4 is 9.47 Å². The highest BCUT2D eigenvalue weighted by Crippen LogP contribution is 2.34.